The number of benzene rings is 3. The minimum atomic E-state index is -4.03. The number of hydrogen-bond acceptors (Lipinski definition) is 4. The van der Waals surface area contributed by atoms with E-state index in [9.17, 15) is 16.8 Å². The molecule has 1 atom stereocenters. The van der Waals surface area contributed by atoms with E-state index in [0.29, 0.717) is 29.8 Å². The quantitative estimate of drug-likeness (QED) is 0.305. The minimum Gasteiger partial charge on any atom is -0.262 e. The van der Waals surface area contributed by atoms with Crippen LogP contribution in [-0.2, 0) is 20.0 Å². The lowest BCUT2D eigenvalue weighted by molar-refractivity contribution is 0.568. The molecule has 0 N–H and O–H groups in total. The molecule has 0 amide bonds. The average Bonchev–Trinajstić information content (AvgIpc) is 2.87. The van der Waals surface area contributed by atoms with Gasteiger partial charge in [-0.05, 0) is 76.9 Å². The van der Waals surface area contributed by atoms with Gasteiger partial charge in [0, 0.05) is 0 Å². The molecule has 1 heterocycles. The molecule has 0 radical (unpaired) electrons. The zero-order valence-electron chi connectivity index (χ0n) is 22.3. The van der Waals surface area contributed by atoms with Gasteiger partial charge in [-0.3, -0.25) is 8.61 Å². The minimum absolute atomic E-state index is 0.0774. The maximum atomic E-state index is 14.1. The fourth-order valence-electron chi connectivity index (χ4n) is 4.55. The van der Waals surface area contributed by atoms with Crippen LogP contribution >= 0.6 is 0 Å². The van der Waals surface area contributed by atoms with Gasteiger partial charge in [-0.15, -0.1) is 0 Å². The van der Waals surface area contributed by atoms with E-state index in [1.807, 2.05) is 27.7 Å². The summed E-state index contributed by atoms with van der Waals surface area (Å²) >= 11 is 0. The summed E-state index contributed by atoms with van der Waals surface area (Å²) in [5.74, 6) is 0. The van der Waals surface area contributed by atoms with Crippen LogP contribution < -0.4 is 8.61 Å². The summed E-state index contributed by atoms with van der Waals surface area (Å²) < 4.78 is 58.8. The SMILES string of the molecule is C=C(CCC=C(C)C)C1CN(S(=O)(=O)c2ccc(C)cc2)c2ccccc2N1S(=O)(=O)c1ccc(C)cc1. The Kier molecular flexibility index (Phi) is 7.85. The van der Waals surface area contributed by atoms with Gasteiger partial charge in [-0.25, -0.2) is 16.8 Å². The van der Waals surface area contributed by atoms with E-state index < -0.39 is 26.1 Å². The summed E-state index contributed by atoms with van der Waals surface area (Å²) in [4.78, 5) is 0.302. The van der Waals surface area contributed by atoms with Crippen LogP contribution in [0.5, 0.6) is 0 Å². The molecular formula is C30H34N2O4S2. The lowest BCUT2D eigenvalue weighted by atomic mass is 10.00. The lowest BCUT2D eigenvalue weighted by Crippen LogP contribution is -2.53. The molecule has 0 fully saturated rings. The molecule has 38 heavy (non-hydrogen) atoms. The second-order valence-corrected chi connectivity index (χ2v) is 13.6. The number of anilines is 2. The van der Waals surface area contributed by atoms with Crippen molar-refractivity contribution in [3.8, 4) is 0 Å². The van der Waals surface area contributed by atoms with Gasteiger partial charge in [0.1, 0.15) is 0 Å². The van der Waals surface area contributed by atoms with Crippen molar-refractivity contribution < 1.29 is 16.8 Å². The molecule has 3 aromatic rings. The van der Waals surface area contributed by atoms with Crippen LogP contribution in [0.25, 0.3) is 0 Å². The first-order chi connectivity index (χ1) is 17.9. The zero-order valence-corrected chi connectivity index (χ0v) is 23.9. The Bertz CT molecular complexity index is 1570. The summed E-state index contributed by atoms with van der Waals surface area (Å²) in [6, 6.07) is 19.3. The van der Waals surface area contributed by atoms with Crippen LogP contribution in [0, 0.1) is 13.8 Å². The summed E-state index contributed by atoms with van der Waals surface area (Å²) in [6.07, 6.45) is 3.28. The Balaban J connectivity index is 1.88. The van der Waals surface area contributed by atoms with Crippen molar-refractivity contribution in [1.29, 1.82) is 0 Å². The van der Waals surface area contributed by atoms with E-state index in [1.165, 1.54) is 8.61 Å². The first-order valence-electron chi connectivity index (χ1n) is 12.5. The van der Waals surface area contributed by atoms with Crippen LogP contribution in [-0.4, -0.2) is 29.4 Å². The van der Waals surface area contributed by atoms with Gasteiger partial charge in [0.2, 0.25) is 0 Å². The summed E-state index contributed by atoms with van der Waals surface area (Å²) in [5.41, 5.74) is 4.32. The van der Waals surface area contributed by atoms with Gasteiger partial charge >= 0.3 is 0 Å². The van der Waals surface area contributed by atoms with Gasteiger partial charge < -0.3 is 0 Å². The molecule has 3 aromatic carbocycles. The molecule has 200 valence electrons. The number of allylic oxidation sites excluding steroid dienone is 2. The molecule has 1 aliphatic rings. The molecule has 0 aromatic heterocycles. The van der Waals surface area contributed by atoms with Crippen LogP contribution in [0.4, 0.5) is 11.4 Å². The van der Waals surface area contributed by atoms with Crippen molar-refractivity contribution in [3.05, 3.63) is 108 Å². The first-order valence-corrected chi connectivity index (χ1v) is 15.4. The van der Waals surface area contributed by atoms with Crippen molar-refractivity contribution in [2.75, 3.05) is 15.2 Å². The molecule has 1 unspecified atom stereocenters. The number of sulfonamides is 2. The maximum Gasteiger partial charge on any atom is 0.265 e. The number of hydrogen-bond donors (Lipinski definition) is 0. The zero-order chi connectivity index (χ0) is 27.7. The van der Waals surface area contributed by atoms with E-state index in [1.54, 1.807) is 72.8 Å². The third-order valence-corrected chi connectivity index (χ3v) is 10.3. The van der Waals surface area contributed by atoms with Crippen LogP contribution in [0.1, 0.15) is 37.8 Å². The third kappa shape index (κ3) is 5.42. The monoisotopic (exact) mass is 550 g/mol. The second kappa shape index (κ2) is 10.8. The summed E-state index contributed by atoms with van der Waals surface area (Å²) in [5, 5.41) is 0. The molecular weight excluding hydrogens is 516 g/mol. The van der Waals surface area contributed by atoms with Crippen molar-refractivity contribution in [2.24, 2.45) is 0 Å². The molecule has 4 rings (SSSR count). The highest BCUT2D eigenvalue weighted by Gasteiger charge is 2.43. The molecule has 0 aliphatic carbocycles. The van der Waals surface area contributed by atoms with Gasteiger partial charge in [0.15, 0.2) is 0 Å². The smallest absolute Gasteiger partial charge is 0.262 e. The molecule has 0 saturated carbocycles. The van der Waals surface area contributed by atoms with Crippen LogP contribution in [0.3, 0.4) is 0 Å². The summed E-state index contributed by atoms with van der Waals surface area (Å²) in [7, 11) is -8.00. The predicted molar refractivity (Wildman–Crippen MR) is 155 cm³/mol. The molecule has 0 bridgehead atoms. The number of para-hydroxylation sites is 2. The highest BCUT2D eigenvalue weighted by atomic mass is 32.2. The fraction of sp³-hybridized carbons (Fsp3) is 0.267. The average molecular weight is 551 g/mol. The molecule has 0 spiro atoms. The van der Waals surface area contributed by atoms with Crippen molar-refractivity contribution in [3.63, 3.8) is 0 Å². The van der Waals surface area contributed by atoms with Crippen LogP contribution in [0.15, 0.2) is 106 Å². The van der Waals surface area contributed by atoms with Gasteiger partial charge in [0.05, 0.1) is 33.8 Å². The van der Waals surface area contributed by atoms with E-state index in [0.717, 1.165) is 16.7 Å². The fourth-order valence-corrected chi connectivity index (χ4v) is 7.71. The second-order valence-electron chi connectivity index (χ2n) is 9.95. The van der Waals surface area contributed by atoms with E-state index >= 15 is 0 Å². The molecule has 1 aliphatic heterocycles. The lowest BCUT2D eigenvalue weighted by Gasteiger charge is -2.43. The first kappa shape index (κ1) is 27.7. The van der Waals surface area contributed by atoms with E-state index in [-0.39, 0.29) is 16.3 Å². The van der Waals surface area contributed by atoms with Gasteiger partial charge in [-0.1, -0.05) is 71.3 Å². The highest BCUT2D eigenvalue weighted by molar-refractivity contribution is 7.93. The van der Waals surface area contributed by atoms with Gasteiger partial charge in [-0.2, -0.15) is 0 Å². The Labute approximate surface area is 227 Å². The number of rotatable bonds is 8. The van der Waals surface area contributed by atoms with Gasteiger partial charge in [0.25, 0.3) is 20.0 Å². The van der Waals surface area contributed by atoms with Crippen LogP contribution in [0.2, 0.25) is 0 Å². The number of nitrogens with zero attached hydrogens (tertiary/aromatic N) is 2. The highest BCUT2D eigenvalue weighted by Crippen LogP contribution is 2.43. The van der Waals surface area contributed by atoms with Crippen molar-refractivity contribution in [2.45, 2.75) is 56.4 Å². The Morgan fingerprint density at radius 2 is 1.32 bits per heavy atom. The third-order valence-electron chi connectivity index (χ3n) is 6.69. The standard InChI is InChI=1S/C30H34N2O4S2/c1-22(2)9-8-10-25(5)30-21-31(37(33,34)26-17-13-23(3)14-18-26)28-11-6-7-12-29(28)32(30)38(35,36)27-19-15-24(4)16-20-27/h6-7,9,11-20,30H,5,8,10,21H2,1-4H3. The normalized spacial score (nSPS) is 15.6. The summed E-state index contributed by atoms with van der Waals surface area (Å²) in [6.45, 7) is 12.0. The van der Waals surface area contributed by atoms with E-state index in [2.05, 4.69) is 12.7 Å². The number of aryl methyl sites for hydroxylation is 2. The Morgan fingerprint density at radius 1 is 0.816 bits per heavy atom. The molecule has 6 nitrogen and oxygen atoms in total. The van der Waals surface area contributed by atoms with Crippen molar-refractivity contribution in [1.82, 2.24) is 0 Å². The largest absolute Gasteiger partial charge is 0.265 e. The Morgan fingerprint density at radius 3 is 1.84 bits per heavy atom. The topological polar surface area (TPSA) is 74.8 Å². The van der Waals surface area contributed by atoms with E-state index in [4.69, 9.17) is 0 Å². The predicted octanol–water partition coefficient (Wildman–Crippen LogP) is 6.38. The van der Waals surface area contributed by atoms with Crippen molar-refractivity contribution >= 4 is 31.4 Å². The molecule has 8 heteroatoms. The molecule has 0 saturated heterocycles. The Hall–Kier alpha value is -3.36. The maximum absolute atomic E-state index is 14.1. The number of fused-ring (bicyclic) bond motifs is 1.